The summed E-state index contributed by atoms with van der Waals surface area (Å²) in [6.45, 7) is 12.5. The maximum Gasteiger partial charge on any atom is 0.333 e. The van der Waals surface area contributed by atoms with Gasteiger partial charge < -0.3 is 49.8 Å². The summed E-state index contributed by atoms with van der Waals surface area (Å²) in [5.41, 5.74) is -1.38. The van der Waals surface area contributed by atoms with Crippen molar-refractivity contribution in [1.82, 2.24) is 5.32 Å². The van der Waals surface area contributed by atoms with Crippen LogP contribution in [-0.4, -0.2) is 98.4 Å². The van der Waals surface area contributed by atoms with Crippen LogP contribution in [-0.2, 0) is 28.5 Å². The molecule has 2 saturated heterocycles. The van der Waals surface area contributed by atoms with Gasteiger partial charge in [0.15, 0.2) is 25.0 Å². The number of ether oxygens (including phenoxy) is 4. The standard InChI is InChI=1S/C26H47NO11/c1-8-11-25(5,6)38-23-15(27-13(4)28)20(18(31)22(34)37-23)36-24-17(30)16(29)14(19(35-24)21(32)33)26(7,10-3)12-9-2/h14-20,22-24,29-31,34H,8-12H2,1-7H3,(H,27,28)(H,32,33). The third kappa shape index (κ3) is 7.42. The van der Waals surface area contributed by atoms with Crippen LogP contribution in [0.15, 0.2) is 0 Å². The predicted octanol–water partition coefficient (Wildman–Crippen LogP) is 0.871. The SMILES string of the molecule is CCCC(C)(C)OC1OC(O)C(O)C(OC2OC(C(=O)O)C(C(C)(CC)CCC)C(O)C2O)C1NC(C)=O. The Kier molecular flexibility index (Phi) is 11.5. The molecule has 2 heterocycles. The molecule has 0 radical (unpaired) electrons. The van der Waals surface area contributed by atoms with Crippen LogP contribution in [0.2, 0.25) is 0 Å². The summed E-state index contributed by atoms with van der Waals surface area (Å²) >= 11 is 0. The van der Waals surface area contributed by atoms with Crippen molar-refractivity contribution < 1.29 is 54.1 Å². The van der Waals surface area contributed by atoms with Gasteiger partial charge in [-0.2, -0.15) is 0 Å². The predicted molar refractivity (Wildman–Crippen MR) is 135 cm³/mol. The monoisotopic (exact) mass is 549 g/mol. The molecule has 0 spiro atoms. The number of hydrogen-bond acceptors (Lipinski definition) is 10. The number of amides is 1. The van der Waals surface area contributed by atoms with Crippen molar-refractivity contribution in [2.24, 2.45) is 11.3 Å². The third-order valence-electron chi connectivity index (χ3n) is 7.78. The number of hydrogen-bond donors (Lipinski definition) is 6. The van der Waals surface area contributed by atoms with Gasteiger partial charge in [-0.1, -0.05) is 47.0 Å². The van der Waals surface area contributed by atoms with Crippen molar-refractivity contribution in [2.45, 2.75) is 142 Å². The molecular formula is C26H47NO11. The highest BCUT2D eigenvalue weighted by Crippen LogP contribution is 2.45. The first-order valence-corrected chi connectivity index (χ1v) is 13.5. The molecule has 2 aliphatic rings. The minimum Gasteiger partial charge on any atom is -0.479 e. The van der Waals surface area contributed by atoms with E-state index in [-0.39, 0.29) is 0 Å². The van der Waals surface area contributed by atoms with E-state index in [1.54, 1.807) is 13.8 Å². The van der Waals surface area contributed by atoms with Gasteiger partial charge in [0.2, 0.25) is 5.91 Å². The molecular weight excluding hydrogens is 502 g/mol. The first-order valence-electron chi connectivity index (χ1n) is 13.5. The fraction of sp³-hybridized carbons (Fsp3) is 0.923. The van der Waals surface area contributed by atoms with Crippen LogP contribution in [0.1, 0.15) is 80.6 Å². The van der Waals surface area contributed by atoms with E-state index in [4.69, 9.17) is 18.9 Å². The Balaban J connectivity index is 2.40. The molecule has 0 saturated carbocycles. The Morgan fingerprint density at radius 2 is 1.50 bits per heavy atom. The normalized spacial score (nSPS) is 37.9. The van der Waals surface area contributed by atoms with Crippen molar-refractivity contribution in [2.75, 3.05) is 0 Å². The number of nitrogens with one attached hydrogen (secondary N) is 1. The van der Waals surface area contributed by atoms with E-state index in [2.05, 4.69) is 5.32 Å². The van der Waals surface area contributed by atoms with Gasteiger partial charge in [-0.15, -0.1) is 0 Å². The Morgan fingerprint density at radius 3 is 2.00 bits per heavy atom. The quantitative estimate of drug-likeness (QED) is 0.203. The first-order chi connectivity index (χ1) is 17.6. The van der Waals surface area contributed by atoms with Crippen LogP contribution < -0.4 is 5.32 Å². The van der Waals surface area contributed by atoms with Gasteiger partial charge in [-0.3, -0.25) is 4.79 Å². The molecule has 38 heavy (non-hydrogen) atoms. The van der Waals surface area contributed by atoms with E-state index in [0.717, 1.165) is 12.8 Å². The lowest BCUT2D eigenvalue weighted by molar-refractivity contribution is -0.368. The molecule has 2 rings (SSSR count). The number of rotatable bonds is 12. The summed E-state index contributed by atoms with van der Waals surface area (Å²) in [7, 11) is 0. The van der Waals surface area contributed by atoms with Crippen LogP contribution in [0.5, 0.6) is 0 Å². The Bertz CT molecular complexity index is 795. The third-order valence-corrected chi connectivity index (χ3v) is 7.78. The second-order valence-electron chi connectivity index (χ2n) is 11.4. The van der Waals surface area contributed by atoms with Gasteiger partial charge >= 0.3 is 5.97 Å². The van der Waals surface area contributed by atoms with Crippen molar-refractivity contribution in [3.05, 3.63) is 0 Å². The van der Waals surface area contributed by atoms with Crippen molar-refractivity contribution >= 4 is 11.9 Å². The van der Waals surface area contributed by atoms with Crippen LogP contribution in [0.4, 0.5) is 0 Å². The number of carbonyl (C=O) groups is 2. The smallest absolute Gasteiger partial charge is 0.333 e. The Labute approximate surface area is 224 Å². The molecule has 6 N–H and O–H groups in total. The van der Waals surface area contributed by atoms with Crippen LogP contribution >= 0.6 is 0 Å². The van der Waals surface area contributed by atoms with E-state index in [1.807, 2.05) is 27.7 Å². The molecule has 2 aliphatic heterocycles. The van der Waals surface area contributed by atoms with E-state index in [0.29, 0.717) is 19.3 Å². The van der Waals surface area contributed by atoms with E-state index in [9.17, 15) is 35.1 Å². The number of carbonyl (C=O) groups excluding carboxylic acids is 1. The number of aliphatic carboxylic acids is 1. The molecule has 0 aromatic carbocycles. The lowest BCUT2D eigenvalue weighted by Crippen LogP contribution is -2.68. The molecule has 0 aliphatic carbocycles. The van der Waals surface area contributed by atoms with Crippen LogP contribution in [0.25, 0.3) is 0 Å². The zero-order chi connectivity index (χ0) is 29.0. The molecule has 11 unspecified atom stereocenters. The van der Waals surface area contributed by atoms with Crippen molar-refractivity contribution in [3.8, 4) is 0 Å². The highest BCUT2D eigenvalue weighted by atomic mass is 16.8. The minimum absolute atomic E-state index is 0.510. The van der Waals surface area contributed by atoms with Gasteiger partial charge in [0.05, 0.1) is 11.7 Å². The second-order valence-corrected chi connectivity index (χ2v) is 11.4. The fourth-order valence-electron chi connectivity index (χ4n) is 5.73. The largest absolute Gasteiger partial charge is 0.479 e. The van der Waals surface area contributed by atoms with E-state index < -0.39 is 84.2 Å². The molecule has 12 nitrogen and oxygen atoms in total. The number of carboxylic acid groups (broad SMARTS) is 1. The Hall–Kier alpha value is -1.38. The summed E-state index contributed by atoms with van der Waals surface area (Å²) in [5.74, 6) is -2.79. The lowest BCUT2D eigenvalue weighted by atomic mass is 9.65. The second kappa shape index (κ2) is 13.3. The van der Waals surface area contributed by atoms with Crippen molar-refractivity contribution in [1.29, 1.82) is 0 Å². The number of carboxylic acids is 1. The summed E-state index contributed by atoms with van der Waals surface area (Å²) in [4.78, 5) is 24.3. The average molecular weight is 550 g/mol. The summed E-state index contributed by atoms with van der Waals surface area (Å²) in [6.07, 6.45) is -9.38. The van der Waals surface area contributed by atoms with Gasteiger partial charge in [-0.05, 0) is 32.1 Å². The highest BCUT2D eigenvalue weighted by Gasteiger charge is 2.56. The zero-order valence-electron chi connectivity index (χ0n) is 23.5. The summed E-state index contributed by atoms with van der Waals surface area (Å²) < 4.78 is 23.1. The highest BCUT2D eigenvalue weighted by molar-refractivity contribution is 5.73. The minimum atomic E-state index is -1.78. The van der Waals surface area contributed by atoms with Crippen molar-refractivity contribution in [3.63, 3.8) is 0 Å². The average Bonchev–Trinajstić information content (AvgIpc) is 2.81. The lowest BCUT2D eigenvalue weighted by Gasteiger charge is -2.51. The molecule has 11 atom stereocenters. The van der Waals surface area contributed by atoms with Gasteiger partial charge in [-0.25, -0.2) is 4.79 Å². The Morgan fingerprint density at radius 1 is 0.895 bits per heavy atom. The molecule has 2 fully saturated rings. The number of aliphatic hydroxyl groups is 4. The maximum atomic E-state index is 12.3. The number of aliphatic hydroxyl groups excluding tert-OH is 4. The molecule has 1 amide bonds. The topological polar surface area (TPSA) is 184 Å². The summed E-state index contributed by atoms with van der Waals surface area (Å²) in [6, 6.07) is -1.17. The molecule has 0 bridgehead atoms. The maximum absolute atomic E-state index is 12.3. The zero-order valence-corrected chi connectivity index (χ0v) is 23.5. The van der Waals surface area contributed by atoms with Gasteiger partial charge in [0, 0.05) is 12.8 Å². The van der Waals surface area contributed by atoms with Gasteiger partial charge in [0.25, 0.3) is 0 Å². The molecule has 0 aromatic heterocycles. The fourth-order valence-corrected chi connectivity index (χ4v) is 5.73. The van der Waals surface area contributed by atoms with E-state index in [1.165, 1.54) is 6.92 Å². The first kappa shape index (κ1) is 32.8. The molecule has 12 heteroatoms. The summed E-state index contributed by atoms with van der Waals surface area (Å²) in [5, 5.41) is 56.0. The molecule has 0 aromatic rings. The van der Waals surface area contributed by atoms with E-state index >= 15 is 0 Å². The van der Waals surface area contributed by atoms with Crippen LogP contribution in [0.3, 0.4) is 0 Å². The van der Waals surface area contributed by atoms with Crippen LogP contribution in [0, 0.1) is 11.3 Å². The molecule has 222 valence electrons. The van der Waals surface area contributed by atoms with Gasteiger partial charge in [0.1, 0.15) is 24.4 Å².